The smallest absolute Gasteiger partial charge is 0.237 e. The van der Waals surface area contributed by atoms with Crippen LogP contribution >= 0.6 is 0 Å². The average Bonchev–Trinajstić information content (AvgIpc) is 2.68. The highest BCUT2D eigenvalue weighted by atomic mass is 32.2. The number of hydrogen-bond donors (Lipinski definition) is 1. The van der Waals surface area contributed by atoms with Crippen molar-refractivity contribution in [3.8, 4) is 0 Å². The molecule has 0 aromatic carbocycles. The van der Waals surface area contributed by atoms with Gasteiger partial charge in [-0.3, -0.25) is 9.52 Å². The number of amides is 1. The van der Waals surface area contributed by atoms with Gasteiger partial charge in [0, 0.05) is 5.92 Å². The monoisotopic (exact) mass is 231 g/mol. The molecule has 1 aliphatic carbocycles. The summed E-state index contributed by atoms with van der Waals surface area (Å²) in [5.41, 5.74) is 0. The highest BCUT2D eigenvalue weighted by molar-refractivity contribution is 7.90. The second kappa shape index (κ2) is 4.79. The van der Waals surface area contributed by atoms with Gasteiger partial charge in [-0.15, -0.1) is 0 Å². The van der Waals surface area contributed by atoms with Gasteiger partial charge in [-0.1, -0.05) is 19.1 Å². The zero-order valence-corrected chi connectivity index (χ0v) is 9.88. The van der Waals surface area contributed by atoms with E-state index in [1.807, 2.05) is 12.2 Å². The molecule has 0 aromatic heterocycles. The minimum Gasteiger partial charge on any atom is -0.274 e. The lowest BCUT2D eigenvalue weighted by atomic mass is 10.1. The molecule has 1 atom stereocenters. The third-order valence-electron chi connectivity index (χ3n) is 2.73. The van der Waals surface area contributed by atoms with E-state index in [-0.39, 0.29) is 11.8 Å². The van der Waals surface area contributed by atoms with Gasteiger partial charge in [-0.05, 0) is 26.2 Å². The van der Waals surface area contributed by atoms with Crippen molar-refractivity contribution in [3.63, 3.8) is 0 Å². The first-order chi connectivity index (χ1) is 6.97. The van der Waals surface area contributed by atoms with Crippen molar-refractivity contribution < 1.29 is 13.2 Å². The van der Waals surface area contributed by atoms with Crippen molar-refractivity contribution in [2.24, 2.45) is 5.92 Å². The third-order valence-corrected chi connectivity index (χ3v) is 4.60. The molecule has 4 nitrogen and oxygen atoms in total. The Morgan fingerprint density at radius 3 is 2.47 bits per heavy atom. The van der Waals surface area contributed by atoms with Gasteiger partial charge in [0.2, 0.25) is 15.9 Å². The molecule has 0 heterocycles. The van der Waals surface area contributed by atoms with E-state index in [9.17, 15) is 13.2 Å². The first kappa shape index (κ1) is 12.2. The minimum absolute atomic E-state index is 0.205. The van der Waals surface area contributed by atoms with E-state index in [4.69, 9.17) is 0 Å². The number of carbonyl (C=O) groups is 1. The average molecular weight is 231 g/mol. The zero-order valence-electron chi connectivity index (χ0n) is 9.06. The highest BCUT2D eigenvalue weighted by Crippen LogP contribution is 2.18. The first-order valence-corrected chi connectivity index (χ1v) is 6.72. The molecule has 0 bridgehead atoms. The van der Waals surface area contributed by atoms with Gasteiger partial charge in [0.25, 0.3) is 0 Å². The van der Waals surface area contributed by atoms with Crippen LogP contribution in [0.15, 0.2) is 12.2 Å². The van der Waals surface area contributed by atoms with Crippen LogP contribution in [-0.2, 0) is 14.8 Å². The van der Waals surface area contributed by atoms with Crippen LogP contribution in [0.2, 0.25) is 0 Å². The largest absolute Gasteiger partial charge is 0.274 e. The Hall–Kier alpha value is -0.840. The quantitative estimate of drug-likeness (QED) is 0.739. The summed E-state index contributed by atoms with van der Waals surface area (Å²) in [4.78, 5) is 11.6. The van der Waals surface area contributed by atoms with Crippen LogP contribution in [0.5, 0.6) is 0 Å². The van der Waals surface area contributed by atoms with E-state index in [2.05, 4.69) is 4.72 Å². The predicted octanol–water partition coefficient (Wildman–Crippen LogP) is 1.20. The molecule has 1 amide bonds. The SMILES string of the molecule is CC[C@@H](C)S(=O)(=O)NC(=O)C1CC=CC1. The van der Waals surface area contributed by atoms with E-state index in [1.165, 1.54) is 0 Å². The lowest BCUT2D eigenvalue weighted by Crippen LogP contribution is -2.39. The molecule has 0 spiro atoms. The van der Waals surface area contributed by atoms with Crippen LogP contribution < -0.4 is 4.72 Å². The van der Waals surface area contributed by atoms with E-state index in [0.717, 1.165) is 0 Å². The maximum atomic E-state index is 11.6. The topological polar surface area (TPSA) is 63.2 Å². The maximum Gasteiger partial charge on any atom is 0.237 e. The lowest BCUT2D eigenvalue weighted by Gasteiger charge is -2.14. The summed E-state index contributed by atoms with van der Waals surface area (Å²) >= 11 is 0. The van der Waals surface area contributed by atoms with Crippen molar-refractivity contribution in [1.82, 2.24) is 4.72 Å². The molecule has 0 aliphatic heterocycles. The highest BCUT2D eigenvalue weighted by Gasteiger charge is 2.26. The van der Waals surface area contributed by atoms with E-state index in [0.29, 0.717) is 19.3 Å². The van der Waals surface area contributed by atoms with Crippen LogP contribution in [0.25, 0.3) is 0 Å². The van der Waals surface area contributed by atoms with Crippen LogP contribution in [0.4, 0.5) is 0 Å². The Morgan fingerprint density at radius 2 is 2.00 bits per heavy atom. The standard InChI is InChI=1S/C10H17NO3S/c1-3-8(2)15(13,14)11-10(12)9-6-4-5-7-9/h4-5,8-9H,3,6-7H2,1-2H3,(H,11,12)/t8-/m1/s1. The van der Waals surface area contributed by atoms with Crippen molar-refractivity contribution >= 4 is 15.9 Å². The third kappa shape index (κ3) is 3.06. The van der Waals surface area contributed by atoms with E-state index in [1.54, 1.807) is 13.8 Å². The molecule has 1 N–H and O–H groups in total. The Labute approximate surface area is 90.8 Å². The number of hydrogen-bond acceptors (Lipinski definition) is 3. The number of rotatable bonds is 4. The summed E-state index contributed by atoms with van der Waals surface area (Å²) in [5.74, 6) is -0.580. The van der Waals surface area contributed by atoms with Gasteiger partial charge >= 0.3 is 0 Å². The van der Waals surface area contributed by atoms with Gasteiger partial charge in [-0.2, -0.15) is 0 Å². The number of sulfonamides is 1. The predicted molar refractivity (Wildman–Crippen MR) is 58.7 cm³/mol. The van der Waals surface area contributed by atoms with E-state index >= 15 is 0 Å². The Kier molecular flexibility index (Phi) is 3.90. The maximum absolute atomic E-state index is 11.6. The number of carbonyl (C=O) groups excluding carboxylic acids is 1. The fraction of sp³-hybridized carbons (Fsp3) is 0.700. The fourth-order valence-electron chi connectivity index (χ4n) is 1.37. The summed E-state index contributed by atoms with van der Waals surface area (Å²) in [7, 11) is -3.47. The Balaban J connectivity index is 2.57. The second-order valence-corrected chi connectivity index (χ2v) is 5.97. The molecule has 5 heteroatoms. The van der Waals surface area contributed by atoms with Crippen LogP contribution in [0, 0.1) is 5.92 Å². The Bertz CT molecular complexity index is 351. The number of allylic oxidation sites excluding steroid dienone is 2. The van der Waals surface area contributed by atoms with Crippen LogP contribution in [-0.4, -0.2) is 19.6 Å². The Morgan fingerprint density at radius 1 is 1.47 bits per heavy atom. The molecular formula is C10H17NO3S. The molecule has 1 rings (SSSR count). The molecule has 0 fully saturated rings. The van der Waals surface area contributed by atoms with Gasteiger partial charge in [0.05, 0.1) is 5.25 Å². The zero-order chi connectivity index (χ0) is 11.5. The molecule has 0 aromatic rings. The van der Waals surface area contributed by atoms with E-state index < -0.39 is 15.3 Å². The molecule has 15 heavy (non-hydrogen) atoms. The summed E-state index contributed by atoms with van der Waals surface area (Å²) in [6.45, 7) is 3.38. The van der Waals surface area contributed by atoms with Crippen LogP contribution in [0.3, 0.4) is 0 Å². The summed E-state index contributed by atoms with van der Waals surface area (Å²) < 4.78 is 25.3. The molecule has 0 saturated heterocycles. The lowest BCUT2D eigenvalue weighted by molar-refractivity contribution is -0.122. The first-order valence-electron chi connectivity index (χ1n) is 5.17. The summed E-state index contributed by atoms with van der Waals surface area (Å²) in [6, 6.07) is 0. The normalized spacial score (nSPS) is 19.1. The number of nitrogens with one attached hydrogen (secondary N) is 1. The van der Waals surface area contributed by atoms with Crippen LogP contribution in [0.1, 0.15) is 33.1 Å². The van der Waals surface area contributed by atoms with Gasteiger partial charge in [0.15, 0.2) is 0 Å². The summed E-state index contributed by atoms with van der Waals surface area (Å²) in [6.07, 6.45) is 5.59. The van der Waals surface area contributed by atoms with Gasteiger partial charge in [0.1, 0.15) is 0 Å². The van der Waals surface area contributed by atoms with Gasteiger partial charge < -0.3 is 0 Å². The minimum atomic E-state index is -3.47. The molecule has 0 saturated carbocycles. The second-order valence-electron chi connectivity index (χ2n) is 3.87. The molecular weight excluding hydrogens is 214 g/mol. The van der Waals surface area contributed by atoms with Crippen molar-refractivity contribution in [2.75, 3.05) is 0 Å². The molecule has 0 unspecified atom stereocenters. The molecule has 0 radical (unpaired) electrons. The van der Waals surface area contributed by atoms with Crippen molar-refractivity contribution in [1.29, 1.82) is 0 Å². The van der Waals surface area contributed by atoms with Gasteiger partial charge in [-0.25, -0.2) is 8.42 Å². The summed E-state index contributed by atoms with van der Waals surface area (Å²) in [5, 5.41) is -0.518. The van der Waals surface area contributed by atoms with Crippen molar-refractivity contribution in [3.05, 3.63) is 12.2 Å². The fourth-order valence-corrected chi connectivity index (χ4v) is 2.46. The van der Waals surface area contributed by atoms with Crippen molar-refractivity contribution in [2.45, 2.75) is 38.4 Å². The molecule has 86 valence electrons. The molecule has 1 aliphatic rings.